The zero-order chi connectivity index (χ0) is 36.3. The second-order valence-electron chi connectivity index (χ2n) is 15.1. The molecule has 1 unspecified atom stereocenters. The number of rotatable bonds is 6. The molecule has 7 aromatic rings. The Balaban J connectivity index is 1.04. The lowest BCUT2D eigenvalue weighted by molar-refractivity contribution is 0.469. The Hall–Kier alpha value is -6.52. The van der Waals surface area contributed by atoms with E-state index in [9.17, 15) is 0 Å². The molecule has 0 spiro atoms. The minimum absolute atomic E-state index is 0.466. The molecule has 1 N–H and O–H groups in total. The first-order valence-electron chi connectivity index (χ1n) is 19.6. The van der Waals surface area contributed by atoms with E-state index in [1.54, 1.807) is 0 Å². The first kappa shape index (κ1) is 32.0. The molecule has 55 heavy (non-hydrogen) atoms. The Bertz CT molecular complexity index is 2900. The molecule has 1 aliphatic heterocycles. The highest BCUT2D eigenvalue weighted by Gasteiger charge is 2.31. The van der Waals surface area contributed by atoms with Gasteiger partial charge in [-0.15, -0.1) is 0 Å². The van der Waals surface area contributed by atoms with E-state index in [1.807, 2.05) is 18.3 Å². The molecule has 3 heterocycles. The number of hydrogen-bond acceptors (Lipinski definition) is 4. The van der Waals surface area contributed by atoms with Crippen LogP contribution in [0.5, 0.6) is 0 Å². The van der Waals surface area contributed by atoms with Gasteiger partial charge >= 0.3 is 0 Å². The van der Waals surface area contributed by atoms with Gasteiger partial charge in [-0.1, -0.05) is 103 Å². The molecule has 2 aromatic heterocycles. The van der Waals surface area contributed by atoms with Crippen LogP contribution in [-0.4, -0.2) is 6.54 Å². The molecule has 0 saturated heterocycles. The third kappa shape index (κ3) is 5.35. The van der Waals surface area contributed by atoms with Gasteiger partial charge in [0.1, 0.15) is 22.3 Å². The second kappa shape index (κ2) is 13.1. The van der Waals surface area contributed by atoms with Crippen LogP contribution in [0.4, 0.5) is 17.1 Å². The van der Waals surface area contributed by atoms with Crippen molar-refractivity contribution in [3.63, 3.8) is 0 Å². The van der Waals surface area contributed by atoms with E-state index in [0.29, 0.717) is 5.92 Å². The summed E-state index contributed by atoms with van der Waals surface area (Å²) in [6.45, 7) is 0.834. The number of nitrogens with zero attached hydrogens (tertiary/aromatic N) is 1. The molecule has 4 aliphatic rings. The topological polar surface area (TPSA) is 41.6 Å². The van der Waals surface area contributed by atoms with Gasteiger partial charge in [0.15, 0.2) is 0 Å². The number of nitrogens with one attached hydrogen (secondary N) is 1. The van der Waals surface area contributed by atoms with Crippen molar-refractivity contribution < 1.29 is 8.83 Å². The van der Waals surface area contributed by atoms with Crippen LogP contribution < -0.4 is 20.9 Å². The van der Waals surface area contributed by atoms with Gasteiger partial charge in [-0.05, 0) is 114 Å². The largest absolute Gasteiger partial charge is 0.460 e. The van der Waals surface area contributed by atoms with Crippen molar-refractivity contribution in [1.29, 1.82) is 0 Å². The normalized spacial score (nSPS) is 17.3. The number of dihydropyridines is 1. The molecule has 0 bridgehead atoms. The number of anilines is 3. The Kier molecular flexibility index (Phi) is 7.61. The number of furan rings is 2. The third-order valence-corrected chi connectivity index (χ3v) is 11.9. The summed E-state index contributed by atoms with van der Waals surface area (Å²) < 4.78 is 13.4. The smallest absolute Gasteiger partial charge is 0.143 e. The second-order valence-corrected chi connectivity index (χ2v) is 15.1. The monoisotopic (exact) mass is 712 g/mol. The fourth-order valence-electron chi connectivity index (χ4n) is 9.32. The Morgan fingerprint density at radius 3 is 2.42 bits per heavy atom. The van der Waals surface area contributed by atoms with Gasteiger partial charge in [0.05, 0.1) is 0 Å². The molecule has 0 saturated carbocycles. The Labute approximate surface area is 320 Å². The lowest BCUT2D eigenvalue weighted by Gasteiger charge is -2.28. The number of allylic oxidation sites excluding steroid dienone is 5. The fourth-order valence-corrected chi connectivity index (χ4v) is 9.32. The van der Waals surface area contributed by atoms with Gasteiger partial charge in [0.25, 0.3) is 0 Å². The van der Waals surface area contributed by atoms with Crippen molar-refractivity contribution in [3.05, 3.63) is 191 Å². The summed E-state index contributed by atoms with van der Waals surface area (Å²) in [6.07, 6.45) is 18.8. The van der Waals surface area contributed by atoms with E-state index in [4.69, 9.17) is 8.83 Å². The number of aryl methyl sites for hydroxylation is 1. The van der Waals surface area contributed by atoms with E-state index in [0.717, 1.165) is 100.0 Å². The predicted molar refractivity (Wildman–Crippen MR) is 226 cm³/mol. The van der Waals surface area contributed by atoms with Crippen molar-refractivity contribution in [3.8, 4) is 11.1 Å². The molecule has 0 amide bonds. The van der Waals surface area contributed by atoms with Gasteiger partial charge in [0, 0.05) is 62.7 Å². The summed E-state index contributed by atoms with van der Waals surface area (Å²) in [5, 5.41) is 7.04. The van der Waals surface area contributed by atoms with Crippen molar-refractivity contribution in [2.45, 2.75) is 32.1 Å². The molecule has 5 aromatic carbocycles. The van der Waals surface area contributed by atoms with Gasteiger partial charge < -0.3 is 19.1 Å². The highest BCUT2D eigenvalue weighted by Crippen LogP contribution is 2.42. The summed E-state index contributed by atoms with van der Waals surface area (Å²) >= 11 is 0. The number of hydrogen-bond donors (Lipinski definition) is 1. The molecule has 11 rings (SSSR count). The van der Waals surface area contributed by atoms with Gasteiger partial charge in [-0.3, -0.25) is 0 Å². The van der Waals surface area contributed by atoms with Gasteiger partial charge in [0.2, 0.25) is 0 Å². The van der Waals surface area contributed by atoms with Crippen LogP contribution in [0.1, 0.15) is 42.6 Å². The first-order valence-corrected chi connectivity index (χ1v) is 19.6. The SMILES string of the molecule is C1=CNCC(C2=CCCc3oc4c(c32)=C2C=CCCC2CC=4c2cccc(N(c3ccccc3)c3ccc(-c4cccc5c4oc4ccccc45)cc3)c2)=C1. The van der Waals surface area contributed by atoms with Crippen LogP contribution in [0.2, 0.25) is 0 Å². The molecule has 0 fully saturated rings. The average molecular weight is 713 g/mol. The fraction of sp³-hybridized carbons (Fsp3) is 0.137. The van der Waals surface area contributed by atoms with Crippen LogP contribution >= 0.6 is 0 Å². The molecule has 266 valence electrons. The van der Waals surface area contributed by atoms with Crippen molar-refractivity contribution in [2.75, 3.05) is 11.4 Å². The maximum absolute atomic E-state index is 7.02. The van der Waals surface area contributed by atoms with E-state index in [-0.39, 0.29) is 0 Å². The van der Waals surface area contributed by atoms with Crippen LogP contribution in [0.3, 0.4) is 0 Å². The van der Waals surface area contributed by atoms with Crippen LogP contribution in [0.25, 0.3) is 49.8 Å². The molecule has 0 radical (unpaired) electrons. The van der Waals surface area contributed by atoms with E-state index in [1.165, 1.54) is 38.6 Å². The summed E-state index contributed by atoms with van der Waals surface area (Å²) in [6, 6.07) is 43.4. The summed E-state index contributed by atoms with van der Waals surface area (Å²) in [5.74, 6) is 1.59. The third-order valence-electron chi connectivity index (χ3n) is 11.9. The highest BCUT2D eigenvalue weighted by molar-refractivity contribution is 6.09. The maximum atomic E-state index is 7.02. The van der Waals surface area contributed by atoms with Crippen LogP contribution in [-0.2, 0) is 6.42 Å². The summed E-state index contributed by atoms with van der Waals surface area (Å²) in [7, 11) is 0. The van der Waals surface area contributed by atoms with Crippen molar-refractivity contribution in [1.82, 2.24) is 5.32 Å². The van der Waals surface area contributed by atoms with E-state index >= 15 is 0 Å². The number of benzene rings is 5. The molecule has 1 atom stereocenters. The molecule has 4 heteroatoms. The number of fused-ring (bicyclic) bond motifs is 7. The summed E-state index contributed by atoms with van der Waals surface area (Å²) in [5.41, 5.74) is 16.4. The minimum atomic E-state index is 0.466. The molecule has 3 aliphatic carbocycles. The van der Waals surface area contributed by atoms with Crippen LogP contribution in [0.15, 0.2) is 172 Å². The quantitative estimate of drug-likeness (QED) is 0.186. The molecular weight excluding hydrogens is 673 g/mol. The average Bonchev–Trinajstić information content (AvgIpc) is 3.84. The zero-order valence-electron chi connectivity index (χ0n) is 30.6. The maximum Gasteiger partial charge on any atom is 0.143 e. The lowest BCUT2D eigenvalue weighted by atomic mass is 9.77. The summed E-state index contributed by atoms with van der Waals surface area (Å²) in [4.78, 5) is 2.37. The molecular formula is C51H40N2O2. The minimum Gasteiger partial charge on any atom is -0.460 e. The zero-order valence-corrected chi connectivity index (χ0v) is 30.6. The van der Waals surface area contributed by atoms with Gasteiger partial charge in [-0.25, -0.2) is 0 Å². The standard InChI is InChI=1S/C51H40N2O2/c1-2-15-37(16-3-1)53(38-27-25-33(26-28-38)42-21-9-22-44-43-19-6-7-23-46(43)54-50(42)44)39-17-8-13-34(30-39)45-31-35-12-4-5-18-40(35)49-48-41(36-14-11-29-52-32-36)20-10-24-47(48)55-51(45)49/h1-3,5-9,11,13-23,25-30,35,52H,4,10,12,24,31-32H2. The van der Waals surface area contributed by atoms with Gasteiger partial charge in [-0.2, -0.15) is 0 Å². The molecule has 4 nitrogen and oxygen atoms in total. The Morgan fingerprint density at radius 2 is 1.53 bits per heavy atom. The Morgan fingerprint density at radius 1 is 0.709 bits per heavy atom. The number of para-hydroxylation sites is 3. The lowest BCUT2D eigenvalue weighted by Crippen LogP contribution is -2.36. The predicted octanol–water partition coefficient (Wildman–Crippen LogP) is 11.4. The first-order chi connectivity index (χ1) is 27.3. The van der Waals surface area contributed by atoms with Crippen molar-refractivity contribution in [2.24, 2.45) is 5.92 Å². The highest BCUT2D eigenvalue weighted by atomic mass is 16.3. The van der Waals surface area contributed by atoms with E-state index < -0.39 is 0 Å². The van der Waals surface area contributed by atoms with E-state index in [2.05, 4.69) is 150 Å². The van der Waals surface area contributed by atoms with Crippen LogP contribution in [0, 0.1) is 5.92 Å². The van der Waals surface area contributed by atoms with Crippen molar-refractivity contribution >= 4 is 55.7 Å².